The van der Waals surface area contributed by atoms with Gasteiger partial charge in [-0.1, -0.05) is 0 Å². The van der Waals surface area contributed by atoms with Gasteiger partial charge in [-0.25, -0.2) is 0 Å². The van der Waals surface area contributed by atoms with Crippen LogP contribution in [0.25, 0.3) is 10.9 Å². The second-order valence-corrected chi connectivity index (χ2v) is 5.65. The van der Waals surface area contributed by atoms with Crippen molar-refractivity contribution in [3.05, 3.63) is 54.2 Å². The van der Waals surface area contributed by atoms with Crippen molar-refractivity contribution < 1.29 is 9.47 Å². The monoisotopic (exact) mass is 322 g/mol. The minimum atomic E-state index is 0.400. The number of methoxy groups -OCH3 is 1. The maximum Gasteiger partial charge on any atom is 0.156 e. The van der Waals surface area contributed by atoms with Crippen LogP contribution in [0.5, 0.6) is 17.2 Å². The average molecular weight is 322 g/mol. The highest BCUT2D eigenvalue weighted by atomic mass is 32.2. The second-order valence-electron chi connectivity index (χ2n) is 4.77. The molecule has 0 radical (unpaired) electrons. The standard InChI is InChI=1S/C18H14N2O2S/c1-21-14-5-8-16-17(9-14)20-11-12(10-19)18(16)22-13-3-6-15(23-2)7-4-13/h3-9,11H,1-2H3. The van der Waals surface area contributed by atoms with Crippen molar-refractivity contribution in [1.82, 2.24) is 4.98 Å². The van der Waals surface area contributed by atoms with Gasteiger partial charge in [0.05, 0.1) is 12.6 Å². The van der Waals surface area contributed by atoms with Crippen LogP contribution in [-0.2, 0) is 0 Å². The third-order valence-electron chi connectivity index (χ3n) is 3.43. The van der Waals surface area contributed by atoms with E-state index >= 15 is 0 Å². The summed E-state index contributed by atoms with van der Waals surface area (Å²) in [6.45, 7) is 0. The Hall–Kier alpha value is -2.71. The molecule has 0 saturated carbocycles. The number of nitriles is 1. The van der Waals surface area contributed by atoms with E-state index < -0.39 is 0 Å². The number of aromatic nitrogens is 1. The van der Waals surface area contributed by atoms with E-state index in [1.807, 2.05) is 48.7 Å². The zero-order valence-corrected chi connectivity index (χ0v) is 13.6. The molecular formula is C18H14N2O2S. The number of nitrogens with zero attached hydrogens (tertiary/aromatic N) is 2. The van der Waals surface area contributed by atoms with Gasteiger partial charge in [0.15, 0.2) is 5.75 Å². The summed E-state index contributed by atoms with van der Waals surface area (Å²) in [6.07, 6.45) is 3.54. The first kappa shape index (κ1) is 15.2. The van der Waals surface area contributed by atoms with Gasteiger partial charge in [0.25, 0.3) is 0 Å². The summed E-state index contributed by atoms with van der Waals surface area (Å²) in [6, 6.07) is 15.4. The summed E-state index contributed by atoms with van der Waals surface area (Å²) in [4.78, 5) is 5.46. The minimum Gasteiger partial charge on any atom is -0.497 e. The summed E-state index contributed by atoms with van der Waals surface area (Å²) in [7, 11) is 1.61. The third-order valence-corrected chi connectivity index (χ3v) is 4.17. The van der Waals surface area contributed by atoms with Gasteiger partial charge in [-0.3, -0.25) is 4.98 Å². The Bertz CT molecular complexity index is 886. The smallest absolute Gasteiger partial charge is 0.156 e. The molecule has 0 spiro atoms. The highest BCUT2D eigenvalue weighted by Crippen LogP contribution is 2.34. The van der Waals surface area contributed by atoms with E-state index in [0.717, 1.165) is 15.8 Å². The number of pyridine rings is 1. The quantitative estimate of drug-likeness (QED) is 0.656. The number of hydrogen-bond acceptors (Lipinski definition) is 5. The minimum absolute atomic E-state index is 0.400. The molecule has 4 nitrogen and oxygen atoms in total. The molecule has 0 atom stereocenters. The van der Waals surface area contributed by atoms with Crippen LogP contribution in [-0.4, -0.2) is 18.3 Å². The number of fused-ring (bicyclic) bond motifs is 1. The van der Waals surface area contributed by atoms with Gasteiger partial charge >= 0.3 is 0 Å². The highest BCUT2D eigenvalue weighted by molar-refractivity contribution is 7.98. The second kappa shape index (κ2) is 6.59. The maximum atomic E-state index is 9.34. The summed E-state index contributed by atoms with van der Waals surface area (Å²) >= 11 is 1.67. The fourth-order valence-corrected chi connectivity index (χ4v) is 2.63. The Morgan fingerprint density at radius 1 is 1.09 bits per heavy atom. The van der Waals surface area contributed by atoms with Crippen LogP contribution in [0.2, 0.25) is 0 Å². The highest BCUT2D eigenvalue weighted by Gasteiger charge is 2.12. The first-order chi connectivity index (χ1) is 11.2. The summed E-state index contributed by atoms with van der Waals surface area (Å²) in [5.41, 5.74) is 1.12. The molecule has 3 aromatic rings. The summed E-state index contributed by atoms with van der Waals surface area (Å²) in [5.74, 6) is 1.91. The Labute approximate surface area is 138 Å². The van der Waals surface area contributed by atoms with Gasteiger partial charge in [-0.05, 0) is 42.7 Å². The first-order valence-electron chi connectivity index (χ1n) is 6.94. The average Bonchev–Trinajstić information content (AvgIpc) is 2.62. The lowest BCUT2D eigenvalue weighted by molar-refractivity contribution is 0.415. The van der Waals surface area contributed by atoms with E-state index in [1.165, 1.54) is 6.20 Å². The maximum absolute atomic E-state index is 9.34. The predicted molar refractivity (Wildman–Crippen MR) is 91.3 cm³/mol. The van der Waals surface area contributed by atoms with Crippen molar-refractivity contribution in [3.63, 3.8) is 0 Å². The van der Waals surface area contributed by atoms with Gasteiger partial charge in [-0.15, -0.1) is 11.8 Å². The van der Waals surface area contributed by atoms with Gasteiger partial charge in [0.1, 0.15) is 23.1 Å². The Morgan fingerprint density at radius 2 is 1.83 bits per heavy atom. The van der Waals surface area contributed by atoms with Gasteiger partial charge in [0, 0.05) is 22.5 Å². The van der Waals surface area contributed by atoms with E-state index in [-0.39, 0.29) is 0 Å². The molecule has 1 aromatic heterocycles. The third kappa shape index (κ3) is 3.08. The van der Waals surface area contributed by atoms with E-state index in [0.29, 0.717) is 22.8 Å². The molecule has 0 aliphatic heterocycles. The molecule has 0 unspecified atom stereocenters. The summed E-state index contributed by atoms with van der Waals surface area (Å²) in [5, 5.41) is 10.1. The van der Waals surface area contributed by atoms with Crippen LogP contribution in [0.3, 0.4) is 0 Å². The first-order valence-corrected chi connectivity index (χ1v) is 8.16. The fraction of sp³-hybridized carbons (Fsp3) is 0.111. The fourth-order valence-electron chi connectivity index (χ4n) is 2.23. The molecule has 0 amide bonds. The molecule has 1 heterocycles. The lowest BCUT2D eigenvalue weighted by Gasteiger charge is -2.11. The number of benzene rings is 2. The predicted octanol–water partition coefficient (Wildman–Crippen LogP) is 4.63. The SMILES string of the molecule is COc1ccc2c(Oc3ccc(SC)cc3)c(C#N)cnc2c1. The Balaban J connectivity index is 2.08. The van der Waals surface area contributed by atoms with Gasteiger partial charge in [0.2, 0.25) is 0 Å². The molecule has 0 aliphatic carbocycles. The molecule has 0 aliphatic rings. The molecule has 23 heavy (non-hydrogen) atoms. The lowest BCUT2D eigenvalue weighted by atomic mass is 10.1. The molecule has 3 rings (SSSR count). The van der Waals surface area contributed by atoms with Crippen LogP contribution in [0, 0.1) is 11.3 Å². The molecular weight excluding hydrogens is 308 g/mol. The van der Waals surface area contributed by atoms with Crippen molar-refractivity contribution in [3.8, 4) is 23.3 Å². The van der Waals surface area contributed by atoms with Crippen molar-refractivity contribution in [2.24, 2.45) is 0 Å². The van der Waals surface area contributed by atoms with Crippen LogP contribution in [0.4, 0.5) is 0 Å². The normalized spacial score (nSPS) is 10.3. The van der Waals surface area contributed by atoms with Crippen molar-refractivity contribution >= 4 is 22.7 Å². The van der Waals surface area contributed by atoms with Gasteiger partial charge < -0.3 is 9.47 Å². The molecule has 0 saturated heterocycles. The molecule has 0 N–H and O–H groups in total. The van der Waals surface area contributed by atoms with Crippen molar-refractivity contribution in [2.75, 3.05) is 13.4 Å². The number of ether oxygens (including phenoxy) is 2. The van der Waals surface area contributed by atoms with Crippen LogP contribution in [0.15, 0.2) is 53.6 Å². The molecule has 0 fully saturated rings. The largest absolute Gasteiger partial charge is 0.497 e. The topological polar surface area (TPSA) is 55.1 Å². The van der Waals surface area contributed by atoms with E-state index in [1.54, 1.807) is 18.9 Å². The van der Waals surface area contributed by atoms with Crippen LogP contribution in [0.1, 0.15) is 5.56 Å². The van der Waals surface area contributed by atoms with E-state index in [2.05, 4.69) is 11.1 Å². The number of rotatable bonds is 4. The zero-order chi connectivity index (χ0) is 16.2. The van der Waals surface area contributed by atoms with E-state index in [9.17, 15) is 5.26 Å². The van der Waals surface area contributed by atoms with Crippen LogP contribution >= 0.6 is 11.8 Å². The van der Waals surface area contributed by atoms with Gasteiger partial charge in [-0.2, -0.15) is 5.26 Å². The Morgan fingerprint density at radius 3 is 2.48 bits per heavy atom. The van der Waals surface area contributed by atoms with Crippen LogP contribution < -0.4 is 9.47 Å². The van der Waals surface area contributed by atoms with Crippen molar-refractivity contribution in [2.45, 2.75) is 4.90 Å². The lowest BCUT2D eigenvalue weighted by Crippen LogP contribution is -1.93. The van der Waals surface area contributed by atoms with E-state index in [4.69, 9.17) is 9.47 Å². The zero-order valence-electron chi connectivity index (χ0n) is 12.7. The number of hydrogen-bond donors (Lipinski definition) is 0. The molecule has 5 heteroatoms. The summed E-state index contributed by atoms with van der Waals surface area (Å²) < 4.78 is 11.2. The molecule has 2 aromatic carbocycles. The molecule has 114 valence electrons. The molecule has 0 bridgehead atoms. The number of thioether (sulfide) groups is 1. The van der Waals surface area contributed by atoms with Crippen molar-refractivity contribution in [1.29, 1.82) is 5.26 Å². The Kier molecular flexibility index (Phi) is 4.35.